The van der Waals surface area contributed by atoms with Gasteiger partial charge in [-0.05, 0) is 51.9 Å². The molecule has 28 heavy (non-hydrogen) atoms. The summed E-state index contributed by atoms with van der Waals surface area (Å²) >= 11 is 0. The van der Waals surface area contributed by atoms with Gasteiger partial charge in [-0.3, -0.25) is 0 Å². The molecule has 0 saturated carbocycles. The first-order chi connectivity index (χ1) is 12.8. The van der Waals surface area contributed by atoms with Crippen molar-refractivity contribution in [2.75, 3.05) is 21.3 Å². The van der Waals surface area contributed by atoms with Gasteiger partial charge < -0.3 is 19.0 Å². The van der Waals surface area contributed by atoms with E-state index in [-0.39, 0.29) is 17.9 Å². The van der Waals surface area contributed by atoms with Crippen LogP contribution in [0, 0.1) is 5.92 Å². The Morgan fingerprint density at radius 3 is 1.89 bits per heavy atom. The van der Waals surface area contributed by atoms with Crippen LogP contribution >= 0.6 is 12.4 Å². The number of halogens is 1. The summed E-state index contributed by atoms with van der Waals surface area (Å²) < 4.78 is 16.6. The molecule has 0 aromatic heterocycles. The minimum Gasteiger partial charge on any atom is -0.377 e. The van der Waals surface area contributed by atoms with Crippen LogP contribution in [-0.4, -0.2) is 35.7 Å². The number of allylic oxidation sites excluding steroid dienone is 2. The van der Waals surface area contributed by atoms with Crippen molar-refractivity contribution in [2.45, 2.75) is 103 Å². The summed E-state index contributed by atoms with van der Waals surface area (Å²) in [5, 5.41) is 0. The summed E-state index contributed by atoms with van der Waals surface area (Å²) in [5.74, 6) is 0.669. The average molecular weight is 438 g/mol. The van der Waals surface area contributed by atoms with E-state index in [1.54, 1.807) is 21.3 Å². The zero-order valence-electron chi connectivity index (χ0n) is 19.4. The summed E-state index contributed by atoms with van der Waals surface area (Å²) in [6.45, 7) is 6.52. The van der Waals surface area contributed by atoms with Crippen LogP contribution in [0.15, 0.2) is 12.2 Å². The molecule has 0 aliphatic heterocycles. The monoisotopic (exact) mass is 437 g/mol. The van der Waals surface area contributed by atoms with Crippen molar-refractivity contribution in [2.24, 2.45) is 11.7 Å². The van der Waals surface area contributed by atoms with Gasteiger partial charge in [-0.25, -0.2) is 0 Å². The molecule has 0 aromatic carbocycles. The van der Waals surface area contributed by atoms with Gasteiger partial charge in [0.05, 0.1) is 0 Å². The normalized spacial score (nSPS) is 13.7. The van der Waals surface area contributed by atoms with Gasteiger partial charge in [0.1, 0.15) is 0 Å². The van der Waals surface area contributed by atoms with Crippen LogP contribution < -0.4 is 5.73 Å². The molecule has 2 N–H and O–H groups in total. The minimum absolute atomic E-state index is 0. The zero-order chi connectivity index (χ0) is 20.6. The number of nitrogens with two attached hydrogens (primary N) is 1. The van der Waals surface area contributed by atoms with Gasteiger partial charge in [-0.2, -0.15) is 0 Å². The van der Waals surface area contributed by atoms with Gasteiger partial charge in [0, 0.05) is 32.9 Å². The lowest BCUT2D eigenvalue weighted by molar-refractivity contribution is 0.122. The number of unbranched alkanes of at least 4 members (excludes halogenated alkanes) is 5. The first-order valence-corrected chi connectivity index (χ1v) is 12.8. The molecule has 4 nitrogen and oxygen atoms in total. The summed E-state index contributed by atoms with van der Waals surface area (Å²) in [6, 6.07) is 0.876. The van der Waals surface area contributed by atoms with E-state index in [0.29, 0.717) is 5.92 Å². The fraction of sp³-hybridized carbons (Fsp3) is 0.909. The highest BCUT2D eigenvalue weighted by atomic mass is 35.5. The van der Waals surface area contributed by atoms with Gasteiger partial charge >= 0.3 is 8.80 Å². The van der Waals surface area contributed by atoms with Crippen molar-refractivity contribution in [3.63, 3.8) is 0 Å². The van der Waals surface area contributed by atoms with Gasteiger partial charge in [-0.1, -0.05) is 57.6 Å². The Hall–Kier alpha value is 0.0869. The van der Waals surface area contributed by atoms with Crippen molar-refractivity contribution >= 4 is 21.2 Å². The summed E-state index contributed by atoms with van der Waals surface area (Å²) in [4.78, 5) is 0. The Labute approximate surface area is 182 Å². The van der Waals surface area contributed by atoms with E-state index in [9.17, 15) is 0 Å². The second-order valence-corrected chi connectivity index (χ2v) is 11.6. The Bertz CT molecular complexity index is 363. The maximum Gasteiger partial charge on any atom is 0.500 e. The third-order valence-corrected chi connectivity index (χ3v) is 8.05. The molecule has 0 heterocycles. The number of hydrogen-bond donors (Lipinski definition) is 1. The molecular weight excluding hydrogens is 390 g/mol. The van der Waals surface area contributed by atoms with Crippen molar-refractivity contribution in [1.82, 2.24) is 0 Å². The van der Waals surface area contributed by atoms with Crippen LogP contribution in [0.2, 0.25) is 6.04 Å². The highest BCUT2D eigenvalue weighted by molar-refractivity contribution is 6.60. The first kappa shape index (κ1) is 30.3. The molecule has 0 spiro atoms. The SMILES string of the molecule is CCCC/C=C\CCCCCC(CCC[Si](OC)(OC)OC)CC(C)(C)N.Cl. The van der Waals surface area contributed by atoms with E-state index in [2.05, 4.69) is 32.9 Å². The van der Waals surface area contributed by atoms with Crippen LogP contribution in [0.5, 0.6) is 0 Å². The zero-order valence-corrected chi connectivity index (χ0v) is 21.2. The molecule has 0 saturated heterocycles. The fourth-order valence-electron chi connectivity index (χ4n) is 3.69. The van der Waals surface area contributed by atoms with E-state index < -0.39 is 8.80 Å². The Morgan fingerprint density at radius 2 is 1.39 bits per heavy atom. The first-order valence-electron chi connectivity index (χ1n) is 10.9. The molecule has 0 aliphatic carbocycles. The molecule has 1 atom stereocenters. The molecule has 0 bridgehead atoms. The average Bonchev–Trinajstić information content (AvgIpc) is 2.63. The predicted octanol–water partition coefficient (Wildman–Crippen LogP) is 6.51. The lowest BCUT2D eigenvalue weighted by atomic mass is 9.85. The smallest absolute Gasteiger partial charge is 0.377 e. The van der Waals surface area contributed by atoms with Crippen molar-refractivity contribution in [3.8, 4) is 0 Å². The molecule has 0 amide bonds. The Kier molecular flexibility index (Phi) is 19.4. The quantitative estimate of drug-likeness (QED) is 0.151. The molecule has 0 aliphatic rings. The van der Waals surface area contributed by atoms with Crippen molar-refractivity contribution in [1.29, 1.82) is 0 Å². The standard InChI is InChI=1S/C22H47NO3Si.ClH/c1-7-8-9-10-11-12-13-14-15-17-21(20-22(2,3)23)18-16-19-27(24-4,25-5)26-6;/h10-11,21H,7-9,12-20,23H2,1-6H3;1H/b11-10-;. The van der Waals surface area contributed by atoms with Gasteiger partial charge in [0.25, 0.3) is 0 Å². The van der Waals surface area contributed by atoms with Gasteiger partial charge in [0.15, 0.2) is 0 Å². The molecule has 0 aromatic rings. The second-order valence-electron chi connectivity index (χ2n) is 8.50. The van der Waals surface area contributed by atoms with Gasteiger partial charge in [-0.15, -0.1) is 12.4 Å². The lowest BCUT2D eigenvalue weighted by Gasteiger charge is -2.28. The summed E-state index contributed by atoms with van der Waals surface area (Å²) in [5.41, 5.74) is 6.20. The highest BCUT2D eigenvalue weighted by Gasteiger charge is 2.37. The predicted molar refractivity (Wildman–Crippen MR) is 126 cm³/mol. The summed E-state index contributed by atoms with van der Waals surface area (Å²) in [7, 11) is 2.63. The molecule has 6 heteroatoms. The van der Waals surface area contributed by atoms with E-state index in [1.165, 1.54) is 57.8 Å². The highest BCUT2D eigenvalue weighted by Crippen LogP contribution is 2.27. The van der Waals surface area contributed by atoms with Crippen LogP contribution in [0.1, 0.15) is 91.4 Å². The Balaban J connectivity index is 0. The van der Waals surface area contributed by atoms with E-state index in [0.717, 1.165) is 18.9 Å². The maximum absolute atomic E-state index is 6.31. The molecule has 170 valence electrons. The van der Waals surface area contributed by atoms with Crippen LogP contribution in [0.4, 0.5) is 0 Å². The molecule has 0 radical (unpaired) electrons. The number of hydrogen-bond acceptors (Lipinski definition) is 4. The fourth-order valence-corrected chi connectivity index (χ4v) is 5.44. The topological polar surface area (TPSA) is 53.7 Å². The number of rotatable bonds is 18. The van der Waals surface area contributed by atoms with Gasteiger partial charge in [0.2, 0.25) is 0 Å². The molecular formula is C22H48ClNO3Si. The van der Waals surface area contributed by atoms with Crippen LogP contribution in [0.3, 0.4) is 0 Å². The van der Waals surface area contributed by atoms with E-state index >= 15 is 0 Å². The third-order valence-electron chi connectivity index (χ3n) is 5.22. The minimum atomic E-state index is -2.44. The maximum atomic E-state index is 6.31. The third kappa shape index (κ3) is 15.9. The lowest BCUT2D eigenvalue weighted by Crippen LogP contribution is -2.42. The van der Waals surface area contributed by atoms with Crippen LogP contribution in [-0.2, 0) is 13.3 Å². The Morgan fingerprint density at radius 1 is 0.857 bits per heavy atom. The van der Waals surface area contributed by atoms with Crippen molar-refractivity contribution < 1.29 is 13.3 Å². The summed E-state index contributed by atoms with van der Waals surface area (Å²) in [6.07, 6.45) is 18.3. The molecule has 0 fully saturated rings. The van der Waals surface area contributed by atoms with Crippen molar-refractivity contribution in [3.05, 3.63) is 12.2 Å². The van der Waals surface area contributed by atoms with E-state index in [1.807, 2.05) is 0 Å². The van der Waals surface area contributed by atoms with Crippen LogP contribution in [0.25, 0.3) is 0 Å². The largest absolute Gasteiger partial charge is 0.500 e. The van der Waals surface area contributed by atoms with E-state index in [4.69, 9.17) is 19.0 Å². The molecule has 1 unspecified atom stereocenters. The molecule has 0 rings (SSSR count). The second kappa shape index (κ2) is 17.9.